The lowest BCUT2D eigenvalue weighted by molar-refractivity contribution is -0.137. The zero-order chi connectivity index (χ0) is 24.0. The summed E-state index contributed by atoms with van der Waals surface area (Å²) in [5.41, 5.74) is -4.89. The van der Waals surface area contributed by atoms with Gasteiger partial charge >= 0.3 is 6.18 Å². The number of rotatable bonds is 4. The van der Waals surface area contributed by atoms with Gasteiger partial charge in [0.15, 0.2) is 23.3 Å². The molecule has 32 heavy (non-hydrogen) atoms. The van der Waals surface area contributed by atoms with Crippen LogP contribution in [0.25, 0.3) is 11.1 Å². The fourth-order valence-corrected chi connectivity index (χ4v) is 4.57. The van der Waals surface area contributed by atoms with Gasteiger partial charge in [-0.15, -0.1) is 0 Å². The lowest BCUT2D eigenvalue weighted by Gasteiger charge is -2.18. The minimum absolute atomic E-state index is 0.445. The molecule has 0 heterocycles. The van der Waals surface area contributed by atoms with Crippen molar-refractivity contribution < 1.29 is 39.2 Å². The summed E-state index contributed by atoms with van der Waals surface area (Å²) in [4.78, 5) is -0.445. The first kappa shape index (κ1) is 24.1. The molecule has 3 aromatic carbocycles. The zero-order valence-electron chi connectivity index (χ0n) is 15.2. The monoisotopic (exact) mass is 517 g/mol. The van der Waals surface area contributed by atoms with Crippen LogP contribution < -0.4 is 4.72 Å². The SMILES string of the molecule is O=S(=O)(Nc1c(F)c(F)c(F)c(F)c1-c1cc(Cl)c(C(F)(F)F)c(Cl)c1)c1ccccc1. The van der Waals surface area contributed by atoms with Gasteiger partial charge in [-0.3, -0.25) is 4.72 Å². The molecule has 0 amide bonds. The van der Waals surface area contributed by atoms with Crippen LogP contribution in [0.4, 0.5) is 36.4 Å². The second kappa shape index (κ2) is 8.45. The topological polar surface area (TPSA) is 46.2 Å². The average Bonchev–Trinajstić information content (AvgIpc) is 2.69. The van der Waals surface area contributed by atoms with Gasteiger partial charge in [-0.05, 0) is 29.8 Å². The van der Waals surface area contributed by atoms with Crippen molar-refractivity contribution in [3.8, 4) is 11.1 Å². The maximum atomic E-state index is 14.6. The molecule has 3 rings (SSSR count). The zero-order valence-corrected chi connectivity index (χ0v) is 17.5. The average molecular weight is 518 g/mol. The Morgan fingerprint density at radius 2 is 1.28 bits per heavy atom. The third-order valence-electron chi connectivity index (χ3n) is 4.17. The van der Waals surface area contributed by atoms with E-state index in [0.717, 1.165) is 12.1 Å². The standard InChI is InChI=1S/C19H8Cl2F7NO2S/c20-10-6-8(7-11(21)13(10)19(26,27)28)12-14(22)15(23)16(24)17(25)18(12)29-32(30,31)9-4-2-1-3-5-9/h1-7,29H. The summed E-state index contributed by atoms with van der Waals surface area (Å²) in [7, 11) is -4.66. The molecular formula is C19H8Cl2F7NO2S. The van der Waals surface area contributed by atoms with Crippen LogP contribution in [-0.2, 0) is 16.2 Å². The maximum Gasteiger partial charge on any atom is 0.419 e. The molecule has 0 radical (unpaired) electrons. The Balaban J connectivity index is 2.30. The van der Waals surface area contributed by atoms with Crippen molar-refractivity contribution in [2.75, 3.05) is 4.72 Å². The molecule has 0 spiro atoms. The first-order valence-electron chi connectivity index (χ1n) is 8.26. The van der Waals surface area contributed by atoms with Gasteiger partial charge in [-0.2, -0.15) is 13.2 Å². The van der Waals surface area contributed by atoms with Gasteiger partial charge < -0.3 is 0 Å². The van der Waals surface area contributed by atoms with Gasteiger partial charge in [0.25, 0.3) is 10.0 Å². The fraction of sp³-hybridized carbons (Fsp3) is 0.0526. The Morgan fingerprint density at radius 1 is 0.781 bits per heavy atom. The van der Waals surface area contributed by atoms with E-state index in [-0.39, 0.29) is 0 Å². The van der Waals surface area contributed by atoms with Crippen LogP contribution in [0.5, 0.6) is 0 Å². The van der Waals surface area contributed by atoms with Crippen LogP contribution in [0.15, 0.2) is 47.4 Å². The molecule has 3 aromatic rings. The second-order valence-electron chi connectivity index (χ2n) is 6.24. The van der Waals surface area contributed by atoms with E-state index in [1.54, 1.807) is 4.72 Å². The summed E-state index contributed by atoms with van der Waals surface area (Å²) in [6.07, 6.45) is -5.03. The second-order valence-corrected chi connectivity index (χ2v) is 8.73. The number of nitrogens with one attached hydrogen (secondary N) is 1. The highest BCUT2D eigenvalue weighted by molar-refractivity contribution is 7.92. The smallest absolute Gasteiger partial charge is 0.276 e. The summed E-state index contributed by atoms with van der Waals surface area (Å²) in [6.45, 7) is 0. The number of halogens is 9. The molecule has 0 aliphatic heterocycles. The molecule has 1 N–H and O–H groups in total. The number of benzene rings is 3. The minimum atomic E-state index is -5.03. The third kappa shape index (κ3) is 4.37. The van der Waals surface area contributed by atoms with Crippen LogP contribution in [-0.4, -0.2) is 8.42 Å². The Morgan fingerprint density at radius 3 is 1.78 bits per heavy atom. The van der Waals surface area contributed by atoms with Crippen LogP contribution in [0.1, 0.15) is 5.56 Å². The minimum Gasteiger partial charge on any atom is -0.276 e. The molecule has 0 unspecified atom stereocenters. The van der Waals surface area contributed by atoms with E-state index >= 15 is 0 Å². The summed E-state index contributed by atoms with van der Waals surface area (Å²) >= 11 is 11.2. The van der Waals surface area contributed by atoms with Gasteiger partial charge in [0, 0.05) is 5.56 Å². The Labute approximate surface area is 186 Å². The molecule has 0 atom stereocenters. The predicted octanol–water partition coefficient (Wildman–Crippen LogP) is 7.04. The summed E-state index contributed by atoms with van der Waals surface area (Å²) < 4.78 is 123. The summed E-state index contributed by atoms with van der Waals surface area (Å²) in [5, 5.41) is -2.14. The van der Waals surface area contributed by atoms with Gasteiger partial charge in [-0.1, -0.05) is 41.4 Å². The van der Waals surface area contributed by atoms with Gasteiger partial charge in [0.05, 0.1) is 26.2 Å². The van der Waals surface area contributed by atoms with E-state index in [1.807, 2.05) is 0 Å². The van der Waals surface area contributed by atoms with Crippen molar-refractivity contribution >= 4 is 38.9 Å². The van der Waals surface area contributed by atoms with E-state index < -0.39 is 76.8 Å². The lowest BCUT2D eigenvalue weighted by atomic mass is 10.00. The molecule has 0 bridgehead atoms. The summed E-state index contributed by atoms with van der Waals surface area (Å²) in [5.74, 6) is -8.89. The van der Waals surface area contributed by atoms with E-state index in [0.29, 0.717) is 12.1 Å². The molecule has 0 aromatic heterocycles. The molecule has 3 nitrogen and oxygen atoms in total. The normalized spacial score (nSPS) is 12.2. The molecule has 170 valence electrons. The number of anilines is 1. The van der Waals surface area contributed by atoms with Gasteiger partial charge in [0.1, 0.15) is 0 Å². The highest BCUT2D eigenvalue weighted by Gasteiger charge is 2.37. The Hall–Kier alpha value is -2.50. The molecule has 0 saturated carbocycles. The van der Waals surface area contributed by atoms with Crippen molar-refractivity contribution in [2.24, 2.45) is 0 Å². The number of alkyl halides is 3. The third-order valence-corrected chi connectivity index (χ3v) is 6.13. The number of hydrogen-bond acceptors (Lipinski definition) is 2. The molecule has 0 aliphatic rings. The van der Waals surface area contributed by atoms with E-state index in [4.69, 9.17) is 23.2 Å². The Kier molecular flexibility index (Phi) is 6.38. The highest BCUT2D eigenvalue weighted by Crippen LogP contribution is 2.45. The van der Waals surface area contributed by atoms with Gasteiger partial charge in [-0.25, -0.2) is 26.0 Å². The number of sulfonamides is 1. The highest BCUT2D eigenvalue weighted by atomic mass is 35.5. The van der Waals surface area contributed by atoms with Crippen molar-refractivity contribution in [3.63, 3.8) is 0 Å². The molecular weight excluding hydrogens is 510 g/mol. The van der Waals surface area contributed by atoms with Crippen LogP contribution >= 0.6 is 23.2 Å². The van der Waals surface area contributed by atoms with Crippen molar-refractivity contribution in [1.29, 1.82) is 0 Å². The molecule has 0 aliphatic carbocycles. The maximum absolute atomic E-state index is 14.6. The fourth-order valence-electron chi connectivity index (χ4n) is 2.78. The molecule has 0 fully saturated rings. The summed E-state index contributed by atoms with van der Waals surface area (Å²) in [6, 6.07) is 7.12. The lowest BCUT2D eigenvalue weighted by Crippen LogP contribution is -2.17. The first-order valence-corrected chi connectivity index (χ1v) is 10.5. The number of hydrogen-bond donors (Lipinski definition) is 1. The quantitative estimate of drug-likeness (QED) is 0.229. The van der Waals surface area contributed by atoms with E-state index in [2.05, 4.69) is 0 Å². The van der Waals surface area contributed by atoms with Crippen LogP contribution in [0.2, 0.25) is 10.0 Å². The Bertz CT molecular complexity index is 1290. The molecule has 13 heteroatoms. The molecule has 0 saturated heterocycles. The van der Waals surface area contributed by atoms with Crippen LogP contribution in [0, 0.1) is 23.3 Å². The van der Waals surface area contributed by atoms with Crippen molar-refractivity contribution in [2.45, 2.75) is 11.1 Å². The largest absolute Gasteiger partial charge is 0.419 e. The predicted molar refractivity (Wildman–Crippen MR) is 104 cm³/mol. The van der Waals surface area contributed by atoms with Crippen molar-refractivity contribution in [1.82, 2.24) is 0 Å². The van der Waals surface area contributed by atoms with Gasteiger partial charge in [0.2, 0.25) is 0 Å². The first-order chi connectivity index (χ1) is 14.8. The van der Waals surface area contributed by atoms with Crippen molar-refractivity contribution in [3.05, 3.63) is 81.3 Å². The van der Waals surface area contributed by atoms with Crippen LogP contribution in [0.3, 0.4) is 0 Å². The van der Waals surface area contributed by atoms with E-state index in [1.165, 1.54) is 18.2 Å². The van der Waals surface area contributed by atoms with E-state index in [9.17, 15) is 39.2 Å².